The largest absolute Gasteiger partial charge is 0.383 e. The second-order valence-corrected chi connectivity index (χ2v) is 8.53. The molecular weight excluding hydrogens is 384 g/mol. The monoisotopic (exact) mass is 408 g/mol. The molecule has 1 unspecified atom stereocenters. The SMILES string of the molecule is Cc1nc(-c2ccccc2)nc2cc(C3=C4C(N)=NC=NC4N(C4CCC4)C3)ccc12. The lowest BCUT2D eigenvalue weighted by Crippen LogP contribution is -2.45. The summed E-state index contributed by atoms with van der Waals surface area (Å²) in [6, 6.07) is 17.2. The van der Waals surface area contributed by atoms with Crippen LogP contribution in [0.2, 0.25) is 0 Å². The fraction of sp³-hybridized carbons (Fsp3) is 0.280. The van der Waals surface area contributed by atoms with Crippen LogP contribution < -0.4 is 5.73 Å². The van der Waals surface area contributed by atoms with E-state index in [1.165, 1.54) is 24.8 Å². The van der Waals surface area contributed by atoms with Crippen molar-refractivity contribution in [3.05, 3.63) is 65.4 Å². The number of benzene rings is 2. The minimum atomic E-state index is -0.0134. The predicted octanol–water partition coefficient (Wildman–Crippen LogP) is 3.95. The van der Waals surface area contributed by atoms with Crippen LogP contribution in [-0.2, 0) is 0 Å². The van der Waals surface area contributed by atoms with Crippen molar-refractivity contribution in [3.8, 4) is 11.4 Å². The van der Waals surface area contributed by atoms with Crippen molar-refractivity contribution < 1.29 is 0 Å². The van der Waals surface area contributed by atoms with E-state index >= 15 is 0 Å². The van der Waals surface area contributed by atoms with Gasteiger partial charge in [-0.15, -0.1) is 0 Å². The molecule has 0 bridgehead atoms. The lowest BCUT2D eigenvalue weighted by molar-refractivity contribution is 0.126. The zero-order chi connectivity index (χ0) is 20.9. The Morgan fingerprint density at radius 2 is 1.84 bits per heavy atom. The molecule has 1 aliphatic carbocycles. The molecule has 0 saturated heterocycles. The minimum Gasteiger partial charge on any atom is -0.383 e. The molecule has 3 heterocycles. The van der Waals surface area contributed by atoms with Gasteiger partial charge >= 0.3 is 0 Å². The van der Waals surface area contributed by atoms with Crippen molar-refractivity contribution >= 4 is 28.7 Å². The first kappa shape index (κ1) is 18.4. The van der Waals surface area contributed by atoms with E-state index in [1.807, 2.05) is 37.3 Å². The number of aromatic nitrogens is 2. The van der Waals surface area contributed by atoms with Crippen LogP contribution in [-0.4, -0.2) is 45.8 Å². The van der Waals surface area contributed by atoms with Gasteiger partial charge in [0.2, 0.25) is 0 Å². The highest BCUT2D eigenvalue weighted by Crippen LogP contribution is 2.40. The van der Waals surface area contributed by atoms with Crippen molar-refractivity contribution in [3.63, 3.8) is 0 Å². The van der Waals surface area contributed by atoms with Gasteiger partial charge in [0.05, 0.1) is 5.52 Å². The normalized spacial score (nSPS) is 21.3. The summed E-state index contributed by atoms with van der Waals surface area (Å²) < 4.78 is 0. The summed E-state index contributed by atoms with van der Waals surface area (Å²) in [4.78, 5) is 21.1. The molecule has 1 atom stereocenters. The molecule has 0 spiro atoms. The van der Waals surface area contributed by atoms with Crippen LogP contribution in [0.15, 0.2) is 64.1 Å². The Hall–Kier alpha value is -3.38. The van der Waals surface area contributed by atoms with E-state index in [0.29, 0.717) is 11.9 Å². The second-order valence-electron chi connectivity index (χ2n) is 8.53. The van der Waals surface area contributed by atoms with Gasteiger partial charge in [-0.3, -0.25) is 4.90 Å². The lowest BCUT2D eigenvalue weighted by Gasteiger charge is -2.38. The van der Waals surface area contributed by atoms with E-state index in [-0.39, 0.29) is 6.17 Å². The second kappa shape index (κ2) is 7.10. The van der Waals surface area contributed by atoms with Crippen LogP contribution in [0.4, 0.5) is 0 Å². The van der Waals surface area contributed by atoms with Crippen molar-refractivity contribution in [2.24, 2.45) is 15.7 Å². The van der Waals surface area contributed by atoms with Gasteiger partial charge in [-0.25, -0.2) is 20.0 Å². The molecule has 0 radical (unpaired) electrons. The summed E-state index contributed by atoms with van der Waals surface area (Å²) in [5, 5.41) is 1.07. The molecule has 6 rings (SSSR count). The molecular formula is C25H24N6. The number of aliphatic imine (C=N–C) groups is 2. The molecule has 3 aromatic rings. The molecule has 6 nitrogen and oxygen atoms in total. The van der Waals surface area contributed by atoms with Gasteiger partial charge in [-0.2, -0.15) is 0 Å². The Morgan fingerprint density at radius 1 is 1.00 bits per heavy atom. The fourth-order valence-corrected chi connectivity index (χ4v) is 4.84. The van der Waals surface area contributed by atoms with Crippen LogP contribution in [0.5, 0.6) is 0 Å². The van der Waals surface area contributed by atoms with E-state index in [9.17, 15) is 0 Å². The maximum atomic E-state index is 6.35. The summed E-state index contributed by atoms with van der Waals surface area (Å²) in [5.74, 6) is 1.34. The van der Waals surface area contributed by atoms with Gasteiger partial charge in [0, 0.05) is 34.8 Å². The number of nitrogens with two attached hydrogens (primary N) is 1. The fourth-order valence-electron chi connectivity index (χ4n) is 4.84. The Bertz CT molecular complexity index is 1270. The number of nitrogens with zero attached hydrogens (tertiary/aromatic N) is 5. The average molecular weight is 409 g/mol. The topological polar surface area (TPSA) is 79.8 Å². The van der Waals surface area contributed by atoms with Gasteiger partial charge in [0.1, 0.15) is 18.3 Å². The first-order valence-corrected chi connectivity index (χ1v) is 10.9. The van der Waals surface area contributed by atoms with E-state index in [0.717, 1.165) is 45.7 Å². The Labute approximate surface area is 181 Å². The summed E-state index contributed by atoms with van der Waals surface area (Å²) in [5.41, 5.74) is 12.7. The molecule has 3 aliphatic rings. The summed E-state index contributed by atoms with van der Waals surface area (Å²) in [6.07, 6.45) is 5.35. The highest BCUT2D eigenvalue weighted by molar-refractivity contribution is 6.10. The first-order chi connectivity index (χ1) is 15.2. The van der Waals surface area contributed by atoms with E-state index < -0.39 is 0 Å². The minimum absolute atomic E-state index is 0.0134. The molecule has 154 valence electrons. The highest BCUT2D eigenvalue weighted by atomic mass is 15.3. The number of rotatable bonds is 3. The molecule has 2 aromatic carbocycles. The summed E-state index contributed by atoms with van der Waals surface area (Å²) in [6.45, 7) is 2.89. The van der Waals surface area contributed by atoms with Crippen LogP contribution in [0.25, 0.3) is 27.9 Å². The first-order valence-electron chi connectivity index (χ1n) is 10.9. The van der Waals surface area contributed by atoms with E-state index in [2.05, 4.69) is 33.1 Å². The zero-order valence-corrected chi connectivity index (χ0v) is 17.5. The Morgan fingerprint density at radius 3 is 2.61 bits per heavy atom. The maximum absolute atomic E-state index is 6.35. The summed E-state index contributed by atoms with van der Waals surface area (Å²) >= 11 is 0. The van der Waals surface area contributed by atoms with Gasteiger partial charge in [0.15, 0.2) is 5.82 Å². The molecule has 31 heavy (non-hydrogen) atoms. The molecule has 2 N–H and O–H groups in total. The molecule has 2 aliphatic heterocycles. The van der Waals surface area contributed by atoms with Crippen molar-refractivity contribution in [1.82, 2.24) is 14.9 Å². The lowest BCUT2D eigenvalue weighted by atomic mass is 9.91. The standard InChI is InChI=1S/C25H24N6/c1-15-19-11-10-17(12-21(19)30-24(29-15)16-6-3-2-4-7-16)20-13-31(18-8-5-9-18)25-22(20)23(26)27-14-28-25/h2-4,6-7,10-12,14,18,25H,5,8-9,13H2,1H3,(H2,26,27,28). The van der Waals surface area contributed by atoms with Crippen molar-refractivity contribution in [1.29, 1.82) is 0 Å². The molecule has 6 heteroatoms. The molecule has 1 saturated carbocycles. The van der Waals surface area contributed by atoms with Crippen LogP contribution in [0, 0.1) is 6.92 Å². The summed E-state index contributed by atoms with van der Waals surface area (Å²) in [7, 11) is 0. The van der Waals surface area contributed by atoms with Crippen LogP contribution >= 0.6 is 0 Å². The molecule has 1 aromatic heterocycles. The van der Waals surface area contributed by atoms with Gasteiger partial charge < -0.3 is 5.73 Å². The van der Waals surface area contributed by atoms with Crippen molar-refractivity contribution in [2.75, 3.05) is 6.54 Å². The third kappa shape index (κ3) is 2.98. The van der Waals surface area contributed by atoms with Gasteiger partial charge in [0.25, 0.3) is 0 Å². The number of fused-ring (bicyclic) bond motifs is 2. The zero-order valence-electron chi connectivity index (χ0n) is 17.5. The predicted molar refractivity (Wildman–Crippen MR) is 125 cm³/mol. The average Bonchev–Trinajstić information content (AvgIpc) is 3.13. The maximum Gasteiger partial charge on any atom is 0.160 e. The molecule has 1 fully saturated rings. The smallest absolute Gasteiger partial charge is 0.160 e. The number of hydrogen-bond donors (Lipinski definition) is 1. The third-order valence-corrected chi connectivity index (χ3v) is 6.73. The number of aryl methyl sites for hydroxylation is 1. The van der Waals surface area contributed by atoms with Gasteiger partial charge in [-0.05, 0) is 37.0 Å². The Balaban J connectivity index is 1.47. The van der Waals surface area contributed by atoms with E-state index in [1.54, 1.807) is 6.34 Å². The third-order valence-electron chi connectivity index (χ3n) is 6.73. The number of amidine groups is 1. The van der Waals surface area contributed by atoms with Crippen LogP contribution in [0.3, 0.4) is 0 Å². The van der Waals surface area contributed by atoms with Crippen LogP contribution in [0.1, 0.15) is 30.5 Å². The molecule has 0 amide bonds. The quantitative estimate of drug-likeness (QED) is 0.712. The highest BCUT2D eigenvalue weighted by Gasteiger charge is 2.41. The van der Waals surface area contributed by atoms with E-state index in [4.69, 9.17) is 15.7 Å². The van der Waals surface area contributed by atoms with Gasteiger partial charge in [-0.1, -0.05) is 48.9 Å². The number of hydrogen-bond acceptors (Lipinski definition) is 6. The van der Waals surface area contributed by atoms with Crippen molar-refractivity contribution in [2.45, 2.75) is 38.4 Å². The Kier molecular flexibility index (Phi) is 4.21.